The van der Waals surface area contributed by atoms with Gasteiger partial charge in [-0.25, -0.2) is 4.98 Å². The van der Waals surface area contributed by atoms with E-state index in [1.807, 2.05) is 17.0 Å². The molecule has 172 valence electrons. The maximum atomic E-state index is 12.8. The van der Waals surface area contributed by atoms with Crippen molar-refractivity contribution < 1.29 is 9.53 Å². The molecule has 2 N–H and O–H groups in total. The first kappa shape index (κ1) is 24.1. The standard InChI is InChI=1S/C23H35N5O2.HI/c1-24-23(26-14-18-9-11-25-21(13-18)30-16-17-7-8-17)27-20-10-12-28(15-20)22(29)19-5-3-2-4-6-19;/h9,11,13,17,19-20H,2-8,10,12,14-16H2,1H3,(H2,24,26,27);1H. The zero-order valence-corrected chi connectivity index (χ0v) is 20.8. The second-order valence-corrected chi connectivity index (χ2v) is 8.93. The lowest BCUT2D eigenvalue weighted by Crippen LogP contribution is -2.45. The highest BCUT2D eigenvalue weighted by atomic mass is 127. The fraction of sp³-hybridized carbons (Fsp3) is 0.696. The molecule has 1 aromatic heterocycles. The Labute approximate surface area is 202 Å². The molecule has 1 aliphatic heterocycles. The fourth-order valence-electron chi connectivity index (χ4n) is 4.39. The van der Waals surface area contributed by atoms with E-state index in [9.17, 15) is 4.79 Å². The molecule has 0 spiro atoms. The van der Waals surface area contributed by atoms with Crippen LogP contribution in [0.25, 0.3) is 0 Å². The first-order valence-corrected chi connectivity index (χ1v) is 11.5. The van der Waals surface area contributed by atoms with Crippen LogP contribution in [0.2, 0.25) is 0 Å². The van der Waals surface area contributed by atoms with Crippen LogP contribution in [0.1, 0.15) is 56.9 Å². The minimum atomic E-state index is 0. The van der Waals surface area contributed by atoms with E-state index in [1.54, 1.807) is 13.2 Å². The van der Waals surface area contributed by atoms with Crippen LogP contribution in [-0.2, 0) is 11.3 Å². The van der Waals surface area contributed by atoms with Crippen molar-refractivity contribution in [2.75, 3.05) is 26.7 Å². The number of pyridine rings is 1. The molecular weight excluding hydrogens is 505 g/mol. The second kappa shape index (κ2) is 11.9. The number of hydrogen-bond acceptors (Lipinski definition) is 4. The topological polar surface area (TPSA) is 78.9 Å². The van der Waals surface area contributed by atoms with Crippen molar-refractivity contribution in [3.63, 3.8) is 0 Å². The maximum Gasteiger partial charge on any atom is 0.225 e. The van der Waals surface area contributed by atoms with E-state index in [1.165, 1.54) is 32.1 Å². The summed E-state index contributed by atoms with van der Waals surface area (Å²) in [7, 11) is 1.78. The van der Waals surface area contributed by atoms with Gasteiger partial charge in [0.05, 0.1) is 6.61 Å². The van der Waals surface area contributed by atoms with Gasteiger partial charge >= 0.3 is 0 Å². The highest BCUT2D eigenvalue weighted by Crippen LogP contribution is 2.29. The smallest absolute Gasteiger partial charge is 0.225 e. The van der Waals surface area contributed by atoms with Crippen molar-refractivity contribution in [3.05, 3.63) is 23.9 Å². The van der Waals surface area contributed by atoms with Gasteiger partial charge in [0.2, 0.25) is 11.8 Å². The number of rotatable bonds is 7. The predicted molar refractivity (Wildman–Crippen MR) is 133 cm³/mol. The monoisotopic (exact) mass is 541 g/mol. The van der Waals surface area contributed by atoms with E-state index in [-0.39, 0.29) is 35.9 Å². The Hall–Kier alpha value is -1.58. The van der Waals surface area contributed by atoms with Crippen LogP contribution in [0.5, 0.6) is 5.88 Å². The predicted octanol–water partition coefficient (Wildman–Crippen LogP) is 3.33. The molecule has 1 atom stereocenters. The highest BCUT2D eigenvalue weighted by Gasteiger charge is 2.31. The molecule has 3 aliphatic rings. The number of aromatic nitrogens is 1. The minimum Gasteiger partial charge on any atom is -0.477 e. The number of aliphatic imine (C=N–C) groups is 1. The Morgan fingerprint density at radius 1 is 1.23 bits per heavy atom. The lowest BCUT2D eigenvalue weighted by Gasteiger charge is -2.26. The summed E-state index contributed by atoms with van der Waals surface area (Å²) in [6, 6.07) is 4.23. The van der Waals surface area contributed by atoms with Gasteiger partial charge in [0.15, 0.2) is 5.96 Å². The molecule has 2 aliphatic carbocycles. The van der Waals surface area contributed by atoms with Crippen LogP contribution in [0.3, 0.4) is 0 Å². The molecule has 1 unspecified atom stereocenters. The van der Waals surface area contributed by atoms with Gasteiger partial charge in [0.1, 0.15) is 0 Å². The quantitative estimate of drug-likeness (QED) is 0.315. The number of likely N-dealkylation sites (tertiary alicyclic amines) is 1. The van der Waals surface area contributed by atoms with E-state index < -0.39 is 0 Å². The summed E-state index contributed by atoms with van der Waals surface area (Å²) in [4.78, 5) is 23.5. The van der Waals surface area contributed by atoms with E-state index in [0.717, 1.165) is 50.5 Å². The average Bonchev–Trinajstić information content (AvgIpc) is 3.51. The van der Waals surface area contributed by atoms with E-state index in [4.69, 9.17) is 4.74 Å². The van der Waals surface area contributed by atoms with Crippen molar-refractivity contribution in [3.8, 4) is 5.88 Å². The SMILES string of the molecule is CN=C(NCc1ccnc(OCC2CC2)c1)NC1CCN(C(=O)C2CCCCC2)C1.I. The molecule has 1 amide bonds. The summed E-state index contributed by atoms with van der Waals surface area (Å²) in [6.45, 7) is 3.03. The Morgan fingerprint density at radius 2 is 2.03 bits per heavy atom. The molecule has 7 nitrogen and oxygen atoms in total. The fourth-order valence-corrected chi connectivity index (χ4v) is 4.39. The van der Waals surface area contributed by atoms with E-state index >= 15 is 0 Å². The first-order chi connectivity index (χ1) is 14.7. The van der Waals surface area contributed by atoms with Crippen LogP contribution in [0.15, 0.2) is 23.3 Å². The van der Waals surface area contributed by atoms with Gasteiger partial charge in [-0.05, 0) is 49.7 Å². The number of halogens is 1. The van der Waals surface area contributed by atoms with Gasteiger partial charge in [-0.1, -0.05) is 19.3 Å². The number of hydrogen-bond donors (Lipinski definition) is 2. The normalized spacial score (nSPS) is 22.0. The molecule has 8 heteroatoms. The van der Waals surface area contributed by atoms with Crippen molar-refractivity contribution >= 4 is 35.8 Å². The van der Waals surface area contributed by atoms with Crippen molar-refractivity contribution in [2.24, 2.45) is 16.8 Å². The largest absolute Gasteiger partial charge is 0.477 e. The van der Waals surface area contributed by atoms with Crippen LogP contribution in [0.4, 0.5) is 0 Å². The maximum absolute atomic E-state index is 12.8. The van der Waals surface area contributed by atoms with Gasteiger partial charge < -0.3 is 20.3 Å². The summed E-state index contributed by atoms with van der Waals surface area (Å²) in [5.41, 5.74) is 1.11. The van der Waals surface area contributed by atoms with Gasteiger partial charge in [0.25, 0.3) is 0 Å². The molecule has 1 aromatic rings. The number of guanidine groups is 1. The van der Waals surface area contributed by atoms with Crippen LogP contribution in [-0.4, -0.2) is 54.5 Å². The molecule has 1 saturated heterocycles. The molecule has 2 heterocycles. The molecule has 3 fully saturated rings. The summed E-state index contributed by atoms with van der Waals surface area (Å²) in [5.74, 6) is 2.78. The highest BCUT2D eigenvalue weighted by molar-refractivity contribution is 14.0. The third-order valence-electron chi connectivity index (χ3n) is 6.44. The lowest BCUT2D eigenvalue weighted by molar-refractivity contribution is -0.135. The van der Waals surface area contributed by atoms with Crippen molar-refractivity contribution in [1.29, 1.82) is 0 Å². The Balaban J connectivity index is 0.00000272. The first-order valence-electron chi connectivity index (χ1n) is 11.5. The molecule has 0 bridgehead atoms. The zero-order valence-electron chi connectivity index (χ0n) is 18.5. The summed E-state index contributed by atoms with van der Waals surface area (Å²) in [6.07, 6.45) is 11.1. The second-order valence-electron chi connectivity index (χ2n) is 8.93. The Kier molecular flexibility index (Phi) is 9.22. The van der Waals surface area contributed by atoms with Gasteiger partial charge in [-0.3, -0.25) is 9.79 Å². The lowest BCUT2D eigenvalue weighted by atomic mass is 9.88. The van der Waals surface area contributed by atoms with E-state index in [2.05, 4.69) is 20.6 Å². The van der Waals surface area contributed by atoms with Gasteiger partial charge in [-0.15, -0.1) is 24.0 Å². The number of carbonyl (C=O) groups excluding carboxylic acids is 1. The summed E-state index contributed by atoms with van der Waals surface area (Å²) in [5, 5.41) is 6.86. The van der Waals surface area contributed by atoms with Crippen molar-refractivity contribution in [1.82, 2.24) is 20.5 Å². The van der Waals surface area contributed by atoms with Crippen LogP contribution >= 0.6 is 24.0 Å². The minimum absolute atomic E-state index is 0. The summed E-state index contributed by atoms with van der Waals surface area (Å²) < 4.78 is 5.77. The average molecular weight is 541 g/mol. The van der Waals surface area contributed by atoms with Gasteiger partial charge in [0, 0.05) is 50.9 Å². The Bertz CT molecular complexity index is 749. The molecule has 31 heavy (non-hydrogen) atoms. The van der Waals surface area contributed by atoms with Crippen molar-refractivity contribution in [2.45, 2.75) is 64.0 Å². The molecule has 2 saturated carbocycles. The zero-order chi connectivity index (χ0) is 20.8. The molecular formula is C23H36IN5O2. The Morgan fingerprint density at radius 3 is 2.77 bits per heavy atom. The molecule has 0 aromatic carbocycles. The molecule has 0 radical (unpaired) electrons. The van der Waals surface area contributed by atoms with Crippen LogP contribution < -0.4 is 15.4 Å². The van der Waals surface area contributed by atoms with Gasteiger partial charge in [-0.2, -0.15) is 0 Å². The van der Waals surface area contributed by atoms with Crippen LogP contribution in [0, 0.1) is 11.8 Å². The number of carbonyl (C=O) groups is 1. The number of ether oxygens (including phenoxy) is 1. The number of amides is 1. The number of nitrogens with zero attached hydrogens (tertiary/aromatic N) is 3. The molecule has 4 rings (SSSR count). The third-order valence-corrected chi connectivity index (χ3v) is 6.44. The third kappa shape index (κ3) is 7.22. The number of nitrogens with one attached hydrogen (secondary N) is 2. The summed E-state index contributed by atoms with van der Waals surface area (Å²) >= 11 is 0. The van der Waals surface area contributed by atoms with E-state index in [0.29, 0.717) is 24.2 Å².